The van der Waals surface area contributed by atoms with Gasteiger partial charge in [-0.3, -0.25) is 0 Å². The van der Waals surface area contributed by atoms with Crippen LogP contribution < -0.4 is 5.32 Å². The summed E-state index contributed by atoms with van der Waals surface area (Å²) in [5.74, 6) is 1.53. The predicted molar refractivity (Wildman–Crippen MR) is 87.6 cm³/mol. The molecule has 0 heterocycles. The first-order valence-corrected chi connectivity index (χ1v) is 8.70. The predicted octanol–water partition coefficient (Wildman–Crippen LogP) is 4.42. The second-order valence-electron chi connectivity index (χ2n) is 6.73. The Bertz CT molecular complexity index is 451. The van der Waals surface area contributed by atoms with Gasteiger partial charge in [-0.15, -0.1) is 0 Å². The molecule has 0 saturated heterocycles. The summed E-state index contributed by atoms with van der Waals surface area (Å²) in [5, 5.41) is 3.78. The number of nitrogens with one attached hydrogen (secondary N) is 1. The highest BCUT2D eigenvalue weighted by Crippen LogP contribution is 2.44. The van der Waals surface area contributed by atoms with E-state index in [1.807, 2.05) is 7.11 Å². The Hall–Kier alpha value is -0.860. The summed E-state index contributed by atoms with van der Waals surface area (Å²) in [6.45, 7) is 3.30. The summed E-state index contributed by atoms with van der Waals surface area (Å²) in [6.07, 6.45) is 8.27. The molecule has 116 valence electrons. The first kappa shape index (κ1) is 15.1. The molecule has 2 heteroatoms. The van der Waals surface area contributed by atoms with Crippen molar-refractivity contribution in [2.45, 2.75) is 63.5 Å². The van der Waals surface area contributed by atoms with Crippen molar-refractivity contribution in [2.24, 2.45) is 5.92 Å². The smallest absolute Gasteiger partial charge is 0.0794 e. The molecule has 0 aromatic heterocycles. The van der Waals surface area contributed by atoms with Crippen molar-refractivity contribution < 1.29 is 4.74 Å². The van der Waals surface area contributed by atoms with Crippen molar-refractivity contribution >= 4 is 0 Å². The molecule has 0 aliphatic heterocycles. The molecule has 0 spiro atoms. The Labute approximate surface area is 129 Å². The van der Waals surface area contributed by atoms with Crippen LogP contribution >= 0.6 is 0 Å². The fourth-order valence-electron chi connectivity index (χ4n) is 3.61. The van der Waals surface area contributed by atoms with E-state index in [0.717, 1.165) is 18.4 Å². The molecule has 2 fully saturated rings. The van der Waals surface area contributed by atoms with E-state index in [9.17, 15) is 0 Å². The van der Waals surface area contributed by atoms with Gasteiger partial charge in [0.1, 0.15) is 0 Å². The highest BCUT2D eigenvalue weighted by Gasteiger charge is 2.38. The van der Waals surface area contributed by atoms with E-state index < -0.39 is 0 Å². The highest BCUT2D eigenvalue weighted by molar-refractivity contribution is 5.35. The van der Waals surface area contributed by atoms with Crippen molar-refractivity contribution in [3.05, 3.63) is 35.4 Å². The summed E-state index contributed by atoms with van der Waals surface area (Å²) in [5.41, 5.74) is 3.06. The quantitative estimate of drug-likeness (QED) is 0.764. The van der Waals surface area contributed by atoms with Crippen LogP contribution in [0.15, 0.2) is 24.3 Å². The first-order valence-electron chi connectivity index (χ1n) is 8.70. The lowest BCUT2D eigenvalue weighted by Crippen LogP contribution is -2.36. The molecule has 0 radical (unpaired) electrons. The largest absolute Gasteiger partial charge is 0.379 e. The van der Waals surface area contributed by atoms with Crippen LogP contribution in [-0.4, -0.2) is 19.8 Å². The molecule has 0 bridgehead atoms. The number of hydrogen-bond acceptors (Lipinski definition) is 2. The van der Waals surface area contributed by atoms with Crippen LogP contribution in [0.1, 0.15) is 68.5 Å². The van der Waals surface area contributed by atoms with Crippen LogP contribution in [-0.2, 0) is 4.74 Å². The summed E-state index contributed by atoms with van der Waals surface area (Å²) in [7, 11) is 1.88. The third kappa shape index (κ3) is 3.32. The third-order valence-corrected chi connectivity index (χ3v) is 5.18. The van der Waals surface area contributed by atoms with Gasteiger partial charge >= 0.3 is 0 Å². The minimum atomic E-state index is 0.331. The SMILES string of the molecule is CCCNC(c1ccccc1C1CCC1)C(OC)C1CC1. The fraction of sp³-hybridized carbons (Fsp3) is 0.684. The molecular weight excluding hydrogens is 258 g/mol. The van der Waals surface area contributed by atoms with Gasteiger partial charge in [-0.2, -0.15) is 0 Å². The Morgan fingerprint density at radius 1 is 1.19 bits per heavy atom. The third-order valence-electron chi connectivity index (χ3n) is 5.18. The molecule has 1 aromatic carbocycles. The molecule has 2 nitrogen and oxygen atoms in total. The summed E-state index contributed by atoms with van der Waals surface area (Å²) in [4.78, 5) is 0. The highest BCUT2D eigenvalue weighted by atomic mass is 16.5. The van der Waals surface area contributed by atoms with Crippen LogP contribution in [0.25, 0.3) is 0 Å². The van der Waals surface area contributed by atoms with E-state index in [-0.39, 0.29) is 0 Å². The standard InChI is InChI=1S/C19H29NO/c1-3-13-20-18(19(21-2)15-11-12-15)17-10-5-4-9-16(17)14-7-6-8-14/h4-5,9-10,14-15,18-20H,3,6-8,11-13H2,1-2H3. The number of methoxy groups -OCH3 is 1. The molecule has 1 aromatic rings. The minimum Gasteiger partial charge on any atom is -0.379 e. The molecule has 0 amide bonds. The van der Waals surface area contributed by atoms with Crippen LogP contribution in [0.5, 0.6) is 0 Å². The molecule has 2 aliphatic carbocycles. The van der Waals surface area contributed by atoms with Crippen LogP contribution in [0.4, 0.5) is 0 Å². The Morgan fingerprint density at radius 2 is 1.95 bits per heavy atom. The maximum Gasteiger partial charge on any atom is 0.0794 e. The molecule has 2 unspecified atom stereocenters. The zero-order valence-corrected chi connectivity index (χ0v) is 13.5. The summed E-state index contributed by atoms with van der Waals surface area (Å²) >= 11 is 0. The van der Waals surface area contributed by atoms with E-state index >= 15 is 0 Å². The zero-order chi connectivity index (χ0) is 14.7. The van der Waals surface area contributed by atoms with Crippen molar-refractivity contribution in [3.63, 3.8) is 0 Å². The van der Waals surface area contributed by atoms with Gasteiger partial charge in [-0.05, 0) is 61.6 Å². The van der Waals surface area contributed by atoms with Gasteiger partial charge in [0, 0.05) is 7.11 Å². The lowest BCUT2D eigenvalue weighted by Gasteiger charge is -2.34. The number of ether oxygens (including phenoxy) is 1. The van der Waals surface area contributed by atoms with Crippen molar-refractivity contribution in [3.8, 4) is 0 Å². The van der Waals surface area contributed by atoms with Crippen LogP contribution in [0.3, 0.4) is 0 Å². The van der Waals surface area contributed by atoms with Gasteiger partial charge < -0.3 is 10.1 Å². The number of hydrogen-bond donors (Lipinski definition) is 1. The van der Waals surface area contributed by atoms with E-state index in [1.54, 1.807) is 5.56 Å². The molecule has 21 heavy (non-hydrogen) atoms. The van der Waals surface area contributed by atoms with Crippen LogP contribution in [0, 0.1) is 5.92 Å². The minimum absolute atomic E-state index is 0.331. The number of rotatable bonds is 8. The maximum atomic E-state index is 5.91. The van der Waals surface area contributed by atoms with Crippen LogP contribution in [0.2, 0.25) is 0 Å². The Kier molecular flexibility index (Phi) is 4.97. The zero-order valence-electron chi connectivity index (χ0n) is 13.5. The molecule has 2 atom stereocenters. The molecule has 3 rings (SSSR count). The average molecular weight is 287 g/mol. The Balaban J connectivity index is 1.87. The van der Waals surface area contributed by atoms with Crippen molar-refractivity contribution in [1.29, 1.82) is 0 Å². The van der Waals surface area contributed by atoms with Gasteiger partial charge in [0.15, 0.2) is 0 Å². The monoisotopic (exact) mass is 287 g/mol. The van der Waals surface area contributed by atoms with E-state index in [2.05, 4.69) is 36.5 Å². The maximum absolute atomic E-state index is 5.91. The molecule has 2 saturated carbocycles. The lowest BCUT2D eigenvalue weighted by molar-refractivity contribution is 0.0502. The van der Waals surface area contributed by atoms with Crippen molar-refractivity contribution in [2.75, 3.05) is 13.7 Å². The lowest BCUT2D eigenvalue weighted by atomic mass is 9.76. The van der Waals surface area contributed by atoms with Gasteiger partial charge in [0.2, 0.25) is 0 Å². The van der Waals surface area contributed by atoms with E-state index in [4.69, 9.17) is 4.74 Å². The van der Waals surface area contributed by atoms with Gasteiger partial charge in [-0.1, -0.05) is 37.6 Å². The van der Waals surface area contributed by atoms with E-state index in [1.165, 1.54) is 44.1 Å². The second-order valence-corrected chi connectivity index (χ2v) is 6.73. The summed E-state index contributed by atoms with van der Waals surface area (Å²) < 4.78 is 5.91. The normalized spacial score (nSPS) is 21.8. The second kappa shape index (κ2) is 6.93. The summed E-state index contributed by atoms with van der Waals surface area (Å²) in [6, 6.07) is 9.43. The number of benzene rings is 1. The average Bonchev–Trinajstić information content (AvgIpc) is 3.27. The van der Waals surface area contributed by atoms with Gasteiger partial charge in [-0.25, -0.2) is 0 Å². The topological polar surface area (TPSA) is 21.3 Å². The molecule has 2 aliphatic rings. The van der Waals surface area contributed by atoms with Gasteiger partial charge in [0.05, 0.1) is 12.1 Å². The van der Waals surface area contributed by atoms with Crippen molar-refractivity contribution in [1.82, 2.24) is 5.32 Å². The first-order chi connectivity index (χ1) is 10.3. The Morgan fingerprint density at radius 3 is 2.52 bits per heavy atom. The fourth-order valence-corrected chi connectivity index (χ4v) is 3.61. The molecular formula is C19H29NO. The molecule has 1 N–H and O–H groups in total. The van der Waals surface area contributed by atoms with E-state index in [0.29, 0.717) is 12.1 Å². The van der Waals surface area contributed by atoms with Gasteiger partial charge in [0.25, 0.3) is 0 Å².